The molecule has 0 spiro atoms. The Kier molecular flexibility index (Phi) is 8.08. The number of carbonyl (C=O) groups excluding carboxylic acids is 1. The van der Waals surface area contributed by atoms with E-state index in [1.54, 1.807) is 24.3 Å². The van der Waals surface area contributed by atoms with Crippen LogP contribution in [0, 0.1) is 6.92 Å². The highest BCUT2D eigenvalue weighted by Gasteiger charge is 2.18. The van der Waals surface area contributed by atoms with Gasteiger partial charge in [0.2, 0.25) is 5.91 Å². The van der Waals surface area contributed by atoms with Crippen LogP contribution in [0.5, 0.6) is 11.5 Å². The predicted molar refractivity (Wildman–Crippen MR) is 113 cm³/mol. The number of nitrogens with one attached hydrogen (secondary N) is 1. The molecule has 0 saturated carbocycles. The number of aryl methyl sites for hydroxylation is 1. The molecule has 0 aliphatic carbocycles. The quantitative estimate of drug-likeness (QED) is 0.633. The summed E-state index contributed by atoms with van der Waals surface area (Å²) in [4.78, 5) is 12.5. The summed E-state index contributed by atoms with van der Waals surface area (Å²) < 4.78 is 36.0. The molecule has 6 nitrogen and oxygen atoms in total. The molecule has 1 amide bonds. The Hall–Kier alpha value is -2.54. The Bertz CT molecular complexity index is 923. The molecule has 2 rings (SSSR count). The van der Waals surface area contributed by atoms with Crippen molar-refractivity contribution in [3.8, 4) is 11.5 Å². The number of benzene rings is 2. The minimum Gasteiger partial charge on any atom is -0.490 e. The Morgan fingerprint density at radius 2 is 1.62 bits per heavy atom. The van der Waals surface area contributed by atoms with E-state index in [0.29, 0.717) is 24.7 Å². The number of hydrogen-bond acceptors (Lipinski definition) is 5. The summed E-state index contributed by atoms with van der Waals surface area (Å²) in [7, 11) is -3.50. The number of amides is 1. The molecule has 0 saturated heterocycles. The SMILES string of the molecule is CCOc1ccc([C@H](C)NC(=O)CCS(=O)(=O)c2ccc(C)cc2)cc1OCC. The second-order valence-corrected chi connectivity index (χ2v) is 8.85. The maximum Gasteiger partial charge on any atom is 0.221 e. The van der Waals surface area contributed by atoms with Crippen molar-refractivity contribution in [2.75, 3.05) is 19.0 Å². The Balaban J connectivity index is 1.99. The molecule has 0 heterocycles. The van der Waals surface area contributed by atoms with Crippen molar-refractivity contribution in [1.29, 1.82) is 0 Å². The summed E-state index contributed by atoms with van der Waals surface area (Å²) in [5.74, 6) is 0.720. The first-order valence-electron chi connectivity index (χ1n) is 9.75. The molecule has 1 N–H and O–H groups in total. The van der Waals surface area contributed by atoms with Crippen LogP contribution in [0.2, 0.25) is 0 Å². The predicted octanol–water partition coefficient (Wildman–Crippen LogP) is 3.83. The summed E-state index contributed by atoms with van der Waals surface area (Å²) in [6, 6.07) is 11.9. The summed E-state index contributed by atoms with van der Waals surface area (Å²) in [5, 5.41) is 2.85. The fourth-order valence-electron chi connectivity index (χ4n) is 2.82. The molecular formula is C22H29NO5S. The van der Waals surface area contributed by atoms with Gasteiger partial charge in [-0.1, -0.05) is 23.8 Å². The van der Waals surface area contributed by atoms with Crippen LogP contribution in [0.4, 0.5) is 0 Å². The molecule has 0 aliphatic rings. The lowest BCUT2D eigenvalue weighted by atomic mass is 10.1. The second kappa shape index (κ2) is 10.3. The first-order chi connectivity index (χ1) is 13.8. The van der Waals surface area contributed by atoms with Crippen LogP contribution in [0.25, 0.3) is 0 Å². The van der Waals surface area contributed by atoms with Gasteiger partial charge in [0.25, 0.3) is 0 Å². The van der Waals surface area contributed by atoms with Gasteiger partial charge >= 0.3 is 0 Å². The molecule has 158 valence electrons. The van der Waals surface area contributed by atoms with Gasteiger partial charge in [-0.05, 0) is 57.5 Å². The number of carbonyl (C=O) groups is 1. The molecule has 0 unspecified atom stereocenters. The zero-order valence-corrected chi connectivity index (χ0v) is 18.2. The molecule has 7 heteroatoms. The van der Waals surface area contributed by atoms with Crippen LogP contribution in [-0.2, 0) is 14.6 Å². The molecule has 0 radical (unpaired) electrons. The maximum absolute atomic E-state index is 12.4. The lowest BCUT2D eigenvalue weighted by Gasteiger charge is -2.17. The third kappa shape index (κ3) is 6.49. The van der Waals surface area contributed by atoms with Crippen LogP contribution < -0.4 is 14.8 Å². The van der Waals surface area contributed by atoms with E-state index in [2.05, 4.69) is 5.32 Å². The van der Waals surface area contributed by atoms with E-state index in [0.717, 1.165) is 11.1 Å². The highest BCUT2D eigenvalue weighted by molar-refractivity contribution is 7.91. The number of rotatable bonds is 10. The summed E-state index contributed by atoms with van der Waals surface area (Å²) in [6.45, 7) is 8.56. The lowest BCUT2D eigenvalue weighted by Crippen LogP contribution is -2.28. The molecule has 2 aromatic carbocycles. The van der Waals surface area contributed by atoms with Crippen molar-refractivity contribution >= 4 is 15.7 Å². The minimum absolute atomic E-state index is 0.101. The third-order valence-corrected chi connectivity index (χ3v) is 6.15. The fourth-order valence-corrected chi connectivity index (χ4v) is 4.07. The van der Waals surface area contributed by atoms with Gasteiger partial charge in [-0.3, -0.25) is 4.79 Å². The Labute approximate surface area is 173 Å². The third-order valence-electron chi connectivity index (χ3n) is 4.42. The molecule has 29 heavy (non-hydrogen) atoms. The van der Waals surface area contributed by atoms with E-state index < -0.39 is 9.84 Å². The topological polar surface area (TPSA) is 81.7 Å². The second-order valence-electron chi connectivity index (χ2n) is 6.74. The van der Waals surface area contributed by atoms with E-state index in [1.807, 2.05) is 45.9 Å². The zero-order valence-electron chi connectivity index (χ0n) is 17.4. The lowest BCUT2D eigenvalue weighted by molar-refractivity contribution is -0.121. The summed E-state index contributed by atoms with van der Waals surface area (Å²) in [6.07, 6.45) is -0.101. The normalized spacial score (nSPS) is 12.3. The fraction of sp³-hybridized carbons (Fsp3) is 0.409. The molecule has 0 fully saturated rings. The summed E-state index contributed by atoms with van der Waals surface area (Å²) >= 11 is 0. The highest BCUT2D eigenvalue weighted by Crippen LogP contribution is 2.30. The minimum atomic E-state index is -3.50. The van der Waals surface area contributed by atoms with Crippen molar-refractivity contribution < 1.29 is 22.7 Å². The Morgan fingerprint density at radius 1 is 1.00 bits per heavy atom. The van der Waals surface area contributed by atoms with Gasteiger partial charge in [-0.2, -0.15) is 0 Å². The van der Waals surface area contributed by atoms with Crippen molar-refractivity contribution in [3.05, 3.63) is 53.6 Å². The van der Waals surface area contributed by atoms with E-state index in [9.17, 15) is 13.2 Å². The van der Waals surface area contributed by atoms with Crippen molar-refractivity contribution in [2.45, 2.75) is 45.1 Å². The van der Waals surface area contributed by atoms with E-state index in [4.69, 9.17) is 9.47 Å². The van der Waals surface area contributed by atoms with Gasteiger partial charge in [-0.15, -0.1) is 0 Å². The van der Waals surface area contributed by atoms with Crippen molar-refractivity contribution in [3.63, 3.8) is 0 Å². The van der Waals surface area contributed by atoms with Gasteiger partial charge in [0.15, 0.2) is 21.3 Å². The van der Waals surface area contributed by atoms with E-state index >= 15 is 0 Å². The Morgan fingerprint density at radius 3 is 2.24 bits per heavy atom. The van der Waals surface area contributed by atoms with E-state index in [-0.39, 0.29) is 29.0 Å². The molecule has 2 aromatic rings. The number of ether oxygens (including phenoxy) is 2. The van der Waals surface area contributed by atoms with Gasteiger partial charge < -0.3 is 14.8 Å². The molecule has 0 bridgehead atoms. The van der Waals surface area contributed by atoms with Gasteiger partial charge in [0.05, 0.1) is 29.9 Å². The smallest absolute Gasteiger partial charge is 0.221 e. The molecular weight excluding hydrogens is 390 g/mol. The van der Waals surface area contributed by atoms with Gasteiger partial charge in [0, 0.05) is 6.42 Å². The molecule has 0 aliphatic heterocycles. The van der Waals surface area contributed by atoms with Crippen LogP contribution >= 0.6 is 0 Å². The average molecular weight is 420 g/mol. The van der Waals surface area contributed by atoms with Crippen LogP contribution in [-0.4, -0.2) is 33.3 Å². The van der Waals surface area contributed by atoms with Crippen molar-refractivity contribution in [2.24, 2.45) is 0 Å². The standard InChI is InChI=1S/C22H29NO5S/c1-5-27-20-12-9-18(15-21(20)28-6-2)17(4)23-22(24)13-14-29(25,26)19-10-7-16(3)8-11-19/h7-12,15,17H,5-6,13-14H2,1-4H3,(H,23,24)/t17-/m0/s1. The average Bonchev–Trinajstić information content (AvgIpc) is 2.68. The first-order valence-corrected chi connectivity index (χ1v) is 11.4. The highest BCUT2D eigenvalue weighted by atomic mass is 32.2. The molecule has 1 atom stereocenters. The van der Waals surface area contributed by atoms with Crippen LogP contribution in [0.3, 0.4) is 0 Å². The monoisotopic (exact) mass is 419 g/mol. The number of sulfone groups is 1. The number of hydrogen-bond donors (Lipinski definition) is 1. The van der Waals surface area contributed by atoms with Crippen molar-refractivity contribution in [1.82, 2.24) is 5.32 Å². The van der Waals surface area contributed by atoms with Crippen LogP contribution in [0.1, 0.15) is 44.4 Å². The largest absolute Gasteiger partial charge is 0.490 e. The first kappa shape index (κ1) is 22.7. The molecule has 0 aromatic heterocycles. The van der Waals surface area contributed by atoms with E-state index in [1.165, 1.54) is 0 Å². The maximum atomic E-state index is 12.4. The summed E-state index contributed by atoms with van der Waals surface area (Å²) in [5.41, 5.74) is 1.84. The van der Waals surface area contributed by atoms with Crippen LogP contribution in [0.15, 0.2) is 47.4 Å². The van der Waals surface area contributed by atoms with Gasteiger partial charge in [0.1, 0.15) is 0 Å². The zero-order chi connectivity index (χ0) is 21.4. The van der Waals surface area contributed by atoms with Gasteiger partial charge in [-0.25, -0.2) is 8.42 Å².